The molecule has 22 heavy (non-hydrogen) atoms. The molecule has 0 aliphatic rings. The number of hydrogen-bond acceptors (Lipinski definition) is 4. The standard InChI is InChI=1S/C16H24N4O2/c1-16(2,3)22-15(21)18-10-11(17)9-14-12-7-5-6-8-13(12)19-20(14)4/h5-8,11H,9-10,17H2,1-4H3,(H,18,21). The monoisotopic (exact) mass is 304 g/mol. The van der Waals surface area contributed by atoms with Crippen LogP contribution in [0.5, 0.6) is 0 Å². The van der Waals surface area contributed by atoms with Gasteiger partial charge in [0.15, 0.2) is 0 Å². The number of alkyl carbamates (subject to hydrolysis) is 1. The Labute approximate surface area is 130 Å². The summed E-state index contributed by atoms with van der Waals surface area (Å²) in [5.74, 6) is 0. The van der Waals surface area contributed by atoms with Gasteiger partial charge in [-0.15, -0.1) is 0 Å². The Kier molecular flexibility index (Phi) is 4.71. The molecule has 0 radical (unpaired) electrons. The van der Waals surface area contributed by atoms with E-state index in [0.29, 0.717) is 13.0 Å². The maximum absolute atomic E-state index is 11.6. The number of aromatic nitrogens is 2. The van der Waals surface area contributed by atoms with Gasteiger partial charge in [0.25, 0.3) is 0 Å². The Balaban J connectivity index is 1.95. The lowest BCUT2D eigenvalue weighted by molar-refractivity contribution is 0.0524. The van der Waals surface area contributed by atoms with Crippen LogP contribution in [0.1, 0.15) is 26.5 Å². The van der Waals surface area contributed by atoms with Crippen molar-refractivity contribution < 1.29 is 9.53 Å². The van der Waals surface area contributed by atoms with Gasteiger partial charge in [-0.3, -0.25) is 4.68 Å². The third-order valence-electron chi connectivity index (χ3n) is 3.23. The smallest absolute Gasteiger partial charge is 0.407 e. The van der Waals surface area contributed by atoms with Crippen LogP contribution in [0.4, 0.5) is 4.79 Å². The zero-order valence-electron chi connectivity index (χ0n) is 13.6. The number of amides is 1. The second-order valence-electron chi connectivity index (χ2n) is 6.43. The Morgan fingerprint density at radius 2 is 2.09 bits per heavy atom. The molecule has 2 aromatic rings. The average Bonchev–Trinajstić information content (AvgIpc) is 2.71. The number of nitrogens with zero attached hydrogens (tertiary/aromatic N) is 2. The molecule has 0 saturated carbocycles. The summed E-state index contributed by atoms with van der Waals surface area (Å²) in [5.41, 5.74) is 7.63. The SMILES string of the molecule is Cn1nc2ccccc2c1CC(N)CNC(=O)OC(C)(C)C. The van der Waals surface area contributed by atoms with Crippen molar-refractivity contribution in [1.29, 1.82) is 0 Å². The number of carbonyl (C=O) groups excluding carboxylic acids is 1. The first kappa shape index (κ1) is 16.3. The number of hydrogen-bond donors (Lipinski definition) is 2. The molecule has 0 saturated heterocycles. The topological polar surface area (TPSA) is 82.2 Å². The molecule has 0 spiro atoms. The van der Waals surface area contributed by atoms with E-state index >= 15 is 0 Å². The molecular formula is C16H24N4O2. The van der Waals surface area contributed by atoms with Crippen LogP contribution in [0.25, 0.3) is 10.9 Å². The molecule has 1 amide bonds. The van der Waals surface area contributed by atoms with Crippen molar-refractivity contribution in [2.75, 3.05) is 6.54 Å². The van der Waals surface area contributed by atoms with Gasteiger partial charge < -0.3 is 15.8 Å². The highest BCUT2D eigenvalue weighted by Crippen LogP contribution is 2.18. The summed E-state index contributed by atoms with van der Waals surface area (Å²) in [7, 11) is 1.91. The van der Waals surface area contributed by atoms with Crippen LogP contribution >= 0.6 is 0 Å². The number of aryl methyl sites for hydroxylation is 1. The minimum atomic E-state index is -0.508. The van der Waals surface area contributed by atoms with Crippen molar-refractivity contribution in [2.24, 2.45) is 12.8 Å². The molecule has 0 bridgehead atoms. The minimum Gasteiger partial charge on any atom is -0.444 e. The fourth-order valence-corrected chi connectivity index (χ4v) is 2.29. The minimum absolute atomic E-state index is 0.202. The van der Waals surface area contributed by atoms with Crippen LogP contribution in [-0.4, -0.2) is 34.1 Å². The lowest BCUT2D eigenvalue weighted by Crippen LogP contribution is -2.41. The van der Waals surface area contributed by atoms with Gasteiger partial charge in [-0.05, 0) is 26.8 Å². The molecular weight excluding hydrogens is 280 g/mol. The third-order valence-corrected chi connectivity index (χ3v) is 3.23. The molecule has 3 N–H and O–H groups in total. The molecule has 1 aromatic heterocycles. The predicted octanol–water partition coefficient (Wildman–Crippen LogP) is 1.97. The normalized spacial score (nSPS) is 13.1. The maximum Gasteiger partial charge on any atom is 0.407 e. The van der Waals surface area contributed by atoms with E-state index in [1.807, 2.05) is 56.8 Å². The summed E-state index contributed by atoms with van der Waals surface area (Å²) < 4.78 is 7.04. The van der Waals surface area contributed by atoms with Crippen LogP contribution in [0.3, 0.4) is 0 Å². The van der Waals surface area contributed by atoms with E-state index in [0.717, 1.165) is 16.6 Å². The molecule has 0 fully saturated rings. The van der Waals surface area contributed by atoms with Crippen molar-refractivity contribution in [3.63, 3.8) is 0 Å². The number of ether oxygens (including phenoxy) is 1. The summed E-state index contributed by atoms with van der Waals surface area (Å²) in [6, 6.07) is 7.75. The van der Waals surface area contributed by atoms with Crippen LogP contribution in [0.2, 0.25) is 0 Å². The van der Waals surface area contributed by atoms with Gasteiger partial charge in [-0.25, -0.2) is 4.79 Å². The van der Waals surface area contributed by atoms with E-state index in [-0.39, 0.29) is 6.04 Å². The average molecular weight is 304 g/mol. The molecule has 1 unspecified atom stereocenters. The summed E-state index contributed by atoms with van der Waals surface area (Å²) in [6.45, 7) is 5.84. The zero-order valence-corrected chi connectivity index (χ0v) is 13.6. The van der Waals surface area contributed by atoms with E-state index in [2.05, 4.69) is 10.4 Å². The van der Waals surface area contributed by atoms with Crippen LogP contribution in [0.15, 0.2) is 24.3 Å². The summed E-state index contributed by atoms with van der Waals surface area (Å²) in [5, 5.41) is 8.26. The van der Waals surface area contributed by atoms with Gasteiger partial charge >= 0.3 is 6.09 Å². The highest BCUT2D eigenvalue weighted by molar-refractivity contribution is 5.81. The van der Waals surface area contributed by atoms with Crippen LogP contribution in [-0.2, 0) is 18.2 Å². The molecule has 1 atom stereocenters. The molecule has 0 aliphatic heterocycles. The largest absolute Gasteiger partial charge is 0.444 e. The van der Waals surface area contributed by atoms with Crippen molar-refractivity contribution in [3.8, 4) is 0 Å². The fraction of sp³-hybridized carbons (Fsp3) is 0.500. The quantitative estimate of drug-likeness (QED) is 0.904. The second-order valence-corrected chi connectivity index (χ2v) is 6.43. The number of benzene rings is 1. The summed E-state index contributed by atoms with van der Waals surface area (Å²) >= 11 is 0. The summed E-state index contributed by atoms with van der Waals surface area (Å²) in [6.07, 6.45) is 0.185. The Morgan fingerprint density at radius 3 is 2.77 bits per heavy atom. The van der Waals surface area contributed by atoms with Crippen molar-refractivity contribution in [3.05, 3.63) is 30.0 Å². The highest BCUT2D eigenvalue weighted by Gasteiger charge is 2.17. The lowest BCUT2D eigenvalue weighted by atomic mass is 10.1. The number of rotatable bonds is 4. The van der Waals surface area contributed by atoms with Crippen molar-refractivity contribution >= 4 is 17.0 Å². The number of nitrogens with one attached hydrogen (secondary N) is 1. The molecule has 2 rings (SSSR count). The van der Waals surface area contributed by atoms with E-state index in [4.69, 9.17) is 10.5 Å². The van der Waals surface area contributed by atoms with Gasteiger partial charge in [0.2, 0.25) is 0 Å². The fourth-order valence-electron chi connectivity index (χ4n) is 2.29. The molecule has 1 heterocycles. The van der Waals surface area contributed by atoms with Crippen molar-refractivity contribution in [1.82, 2.24) is 15.1 Å². The van der Waals surface area contributed by atoms with Gasteiger partial charge in [0.1, 0.15) is 5.60 Å². The molecule has 120 valence electrons. The van der Waals surface area contributed by atoms with E-state index in [1.165, 1.54) is 0 Å². The third kappa shape index (κ3) is 4.21. The van der Waals surface area contributed by atoms with Gasteiger partial charge in [-0.1, -0.05) is 18.2 Å². The van der Waals surface area contributed by atoms with E-state index < -0.39 is 11.7 Å². The predicted molar refractivity (Wildman–Crippen MR) is 86.6 cm³/mol. The number of nitrogens with two attached hydrogens (primary N) is 1. The Hall–Kier alpha value is -2.08. The first-order chi connectivity index (χ1) is 10.3. The Morgan fingerprint density at radius 1 is 1.41 bits per heavy atom. The van der Waals surface area contributed by atoms with E-state index in [9.17, 15) is 4.79 Å². The molecule has 0 aliphatic carbocycles. The molecule has 1 aromatic carbocycles. The first-order valence-corrected chi connectivity index (χ1v) is 7.39. The van der Waals surface area contributed by atoms with Crippen LogP contribution in [0, 0.1) is 0 Å². The first-order valence-electron chi connectivity index (χ1n) is 7.39. The Bertz CT molecular complexity index is 658. The van der Waals surface area contributed by atoms with Crippen molar-refractivity contribution in [2.45, 2.75) is 38.8 Å². The maximum atomic E-state index is 11.6. The lowest BCUT2D eigenvalue weighted by Gasteiger charge is -2.20. The van der Waals surface area contributed by atoms with Crippen LogP contribution < -0.4 is 11.1 Å². The highest BCUT2D eigenvalue weighted by atomic mass is 16.6. The van der Waals surface area contributed by atoms with Gasteiger partial charge in [0.05, 0.1) is 5.52 Å². The summed E-state index contributed by atoms with van der Waals surface area (Å²) in [4.78, 5) is 11.6. The second kappa shape index (κ2) is 6.36. The number of carbonyl (C=O) groups is 1. The van der Waals surface area contributed by atoms with E-state index in [1.54, 1.807) is 0 Å². The zero-order chi connectivity index (χ0) is 16.3. The molecule has 6 nitrogen and oxygen atoms in total. The van der Waals surface area contributed by atoms with Gasteiger partial charge in [-0.2, -0.15) is 5.10 Å². The molecule has 6 heteroatoms. The van der Waals surface area contributed by atoms with Gasteiger partial charge in [0, 0.05) is 37.1 Å². The number of fused-ring (bicyclic) bond motifs is 1.